The highest BCUT2D eigenvalue weighted by Crippen LogP contribution is 2.30. The molecule has 10 nitrogen and oxygen atoms in total. The first kappa shape index (κ1) is 31.0. The molecule has 1 unspecified atom stereocenters. The number of H-pyrrole nitrogens is 1. The molecule has 1 aromatic heterocycles. The van der Waals surface area contributed by atoms with Crippen molar-refractivity contribution in [3.8, 4) is 16.9 Å². The van der Waals surface area contributed by atoms with Gasteiger partial charge in [0.05, 0.1) is 17.3 Å². The Labute approximate surface area is 259 Å². The molecule has 230 valence electrons. The first-order chi connectivity index (χ1) is 21.8. The summed E-state index contributed by atoms with van der Waals surface area (Å²) in [6.45, 7) is 0.736. The van der Waals surface area contributed by atoms with E-state index in [1.54, 1.807) is 12.1 Å². The summed E-state index contributed by atoms with van der Waals surface area (Å²) in [5.41, 5.74) is 5.32. The number of amides is 2. The summed E-state index contributed by atoms with van der Waals surface area (Å²) in [4.78, 5) is 38.2. The fourth-order valence-corrected chi connectivity index (χ4v) is 5.23. The Balaban J connectivity index is 1.09. The molecule has 1 atom stereocenters. The third-order valence-corrected chi connectivity index (χ3v) is 7.45. The number of aromatic nitrogens is 1. The van der Waals surface area contributed by atoms with Crippen molar-refractivity contribution in [1.29, 1.82) is 0 Å². The van der Waals surface area contributed by atoms with Crippen LogP contribution in [0, 0.1) is 0 Å². The van der Waals surface area contributed by atoms with Crippen molar-refractivity contribution in [2.24, 2.45) is 0 Å². The van der Waals surface area contributed by atoms with Gasteiger partial charge < -0.3 is 30.9 Å². The number of rotatable bonds is 12. The molecule has 4 aromatic carbocycles. The number of aliphatic hydroxyl groups is 1. The monoisotopic (exact) mass is 606 g/mol. The Kier molecular flexibility index (Phi) is 9.88. The third-order valence-electron chi connectivity index (χ3n) is 7.45. The van der Waals surface area contributed by atoms with Crippen LogP contribution in [0.25, 0.3) is 22.0 Å². The lowest BCUT2D eigenvalue weighted by atomic mass is 9.99. The number of pyridine rings is 1. The standard InChI is InChI=1S/C35H34N4O6/c40-30-17-15-27(28-16-18-33(43)39-34(28)30)31(41)21-36-20-23-9-12-25(13-10-23)37-32(42)8-4-5-22-11-14-26(24-6-2-1-3-7-24)29(19-22)38-35(44)45/h1-3,6-7,9-19,31,36,38,40-41H,4-5,8,20-21H2,(H,37,42)(H,39,43)(H,44,45). The van der Waals surface area contributed by atoms with Crippen LogP contribution in [0.1, 0.15) is 35.6 Å². The van der Waals surface area contributed by atoms with E-state index in [0.29, 0.717) is 48.1 Å². The molecule has 0 radical (unpaired) electrons. The maximum absolute atomic E-state index is 12.6. The first-order valence-electron chi connectivity index (χ1n) is 14.6. The molecule has 0 aliphatic heterocycles. The van der Waals surface area contributed by atoms with Gasteiger partial charge in [0, 0.05) is 42.2 Å². The van der Waals surface area contributed by atoms with Crippen LogP contribution >= 0.6 is 0 Å². The summed E-state index contributed by atoms with van der Waals surface area (Å²) in [6, 6.07) is 28.7. The average Bonchev–Trinajstić information content (AvgIpc) is 3.02. The number of aromatic hydroxyl groups is 1. The normalized spacial score (nSPS) is 11.7. The summed E-state index contributed by atoms with van der Waals surface area (Å²) >= 11 is 0. The lowest BCUT2D eigenvalue weighted by Gasteiger charge is -2.15. The van der Waals surface area contributed by atoms with E-state index < -0.39 is 12.2 Å². The number of fused-ring (bicyclic) bond motifs is 1. The molecule has 2 amide bonds. The molecular formula is C35H34N4O6. The van der Waals surface area contributed by atoms with E-state index in [0.717, 1.165) is 22.3 Å². The lowest BCUT2D eigenvalue weighted by Crippen LogP contribution is -2.21. The Morgan fingerprint density at radius 3 is 2.36 bits per heavy atom. The van der Waals surface area contributed by atoms with E-state index >= 15 is 0 Å². The second-order valence-corrected chi connectivity index (χ2v) is 10.7. The van der Waals surface area contributed by atoms with Crippen LogP contribution in [0.15, 0.2) is 102 Å². The molecule has 0 bridgehead atoms. The maximum Gasteiger partial charge on any atom is 0.409 e. The van der Waals surface area contributed by atoms with E-state index in [1.807, 2.05) is 72.8 Å². The van der Waals surface area contributed by atoms with Crippen molar-refractivity contribution in [2.75, 3.05) is 17.2 Å². The first-order valence-corrected chi connectivity index (χ1v) is 14.6. The largest absolute Gasteiger partial charge is 0.506 e. The minimum absolute atomic E-state index is 0.0586. The zero-order valence-corrected chi connectivity index (χ0v) is 24.4. The van der Waals surface area contributed by atoms with Crippen molar-refractivity contribution in [3.05, 3.63) is 124 Å². The summed E-state index contributed by atoms with van der Waals surface area (Å²) in [5, 5.41) is 39.3. The van der Waals surface area contributed by atoms with Gasteiger partial charge in [0.25, 0.3) is 0 Å². The van der Waals surface area contributed by atoms with Crippen LogP contribution in [0.4, 0.5) is 16.2 Å². The van der Waals surface area contributed by atoms with Gasteiger partial charge in [-0.15, -0.1) is 0 Å². The number of aliphatic hydroxyl groups excluding tert-OH is 1. The van der Waals surface area contributed by atoms with E-state index in [-0.39, 0.29) is 29.3 Å². The Hall–Kier alpha value is -5.45. The minimum atomic E-state index is -1.13. The van der Waals surface area contributed by atoms with Crippen LogP contribution in [0.2, 0.25) is 0 Å². The predicted molar refractivity (Wildman–Crippen MR) is 174 cm³/mol. The predicted octanol–water partition coefficient (Wildman–Crippen LogP) is 5.78. The van der Waals surface area contributed by atoms with Gasteiger partial charge in [-0.2, -0.15) is 0 Å². The quantitative estimate of drug-likeness (QED) is 0.0947. The van der Waals surface area contributed by atoms with Gasteiger partial charge in [0.1, 0.15) is 5.75 Å². The molecule has 45 heavy (non-hydrogen) atoms. The smallest absolute Gasteiger partial charge is 0.409 e. The van der Waals surface area contributed by atoms with Crippen molar-refractivity contribution >= 4 is 34.3 Å². The molecule has 0 aliphatic carbocycles. The van der Waals surface area contributed by atoms with Crippen molar-refractivity contribution in [2.45, 2.75) is 31.9 Å². The number of benzene rings is 4. The number of carboxylic acid groups (broad SMARTS) is 1. The molecule has 0 saturated heterocycles. The second kappa shape index (κ2) is 14.3. The van der Waals surface area contributed by atoms with Crippen LogP contribution in [0.3, 0.4) is 0 Å². The SMILES string of the molecule is O=C(O)Nc1cc(CCCC(=O)Nc2ccc(CNCC(O)c3ccc(O)c4[nH]c(=O)ccc34)cc2)ccc1-c1ccccc1. The van der Waals surface area contributed by atoms with Gasteiger partial charge >= 0.3 is 6.09 Å². The van der Waals surface area contributed by atoms with Crippen molar-refractivity contribution < 1.29 is 24.9 Å². The van der Waals surface area contributed by atoms with Gasteiger partial charge in [0.15, 0.2) is 0 Å². The van der Waals surface area contributed by atoms with Gasteiger partial charge in [-0.25, -0.2) is 4.79 Å². The van der Waals surface area contributed by atoms with Gasteiger partial charge in [-0.1, -0.05) is 60.7 Å². The van der Waals surface area contributed by atoms with E-state index in [4.69, 9.17) is 0 Å². The Morgan fingerprint density at radius 2 is 1.60 bits per heavy atom. The number of hydrogen-bond donors (Lipinski definition) is 7. The van der Waals surface area contributed by atoms with Crippen molar-refractivity contribution in [1.82, 2.24) is 10.3 Å². The van der Waals surface area contributed by atoms with E-state index in [9.17, 15) is 29.7 Å². The molecule has 0 fully saturated rings. The van der Waals surface area contributed by atoms with Gasteiger partial charge in [-0.05, 0) is 65.4 Å². The fourth-order valence-electron chi connectivity index (χ4n) is 5.23. The van der Waals surface area contributed by atoms with E-state index in [2.05, 4.69) is 20.9 Å². The highest BCUT2D eigenvalue weighted by Gasteiger charge is 2.14. The van der Waals surface area contributed by atoms with Crippen LogP contribution in [-0.4, -0.2) is 38.8 Å². The molecule has 0 saturated carbocycles. The number of carbonyl (C=O) groups excluding carboxylic acids is 1. The Morgan fingerprint density at radius 1 is 0.844 bits per heavy atom. The number of carbonyl (C=O) groups is 2. The molecule has 7 N–H and O–H groups in total. The highest BCUT2D eigenvalue weighted by atomic mass is 16.4. The molecule has 5 rings (SSSR count). The molecule has 0 aliphatic rings. The number of anilines is 2. The fraction of sp³-hybridized carbons (Fsp3) is 0.171. The average molecular weight is 607 g/mol. The van der Waals surface area contributed by atoms with Crippen LogP contribution < -0.4 is 21.5 Å². The summed E-state index contributed by atoms with van der Waals surface area (Å²) in [7, 11) is 0. The van der Waals surface area contributed by atoms with Crippen LogP contribution in [-0.2, 0) is 17.8 Å². The zero-order chi connectivity index (χ0) is 31.8. The van der Waals surface area contributed by atoms with Gasteiger partial charge in [0.2, 0.25) is 11.5 Å². The Bertz CT molecular complexity index is 1850. The number of phenolic OH excluding ortho intramolecular Hbond substituents is 1. The summed E-state index contributed by atoms with van der Waals surface area (Å²) < 4.78 is 0. The summed E-state index contributed by atoms with van der Waals surface area (Å²) in [6.07, 6.45) is -0.474. The molecular weight excluding hydrogens is 572 g/mol. The minimum Gasteiger partial charge on any atom is -0.506 e. The molecule has 10 heteroatoms. The van der Waals surface area contributed by atoms with Crippen LogP contribution in [0.5, 0.6) is 5.75 Å². The number of hydrogen-bond acceptors (Lipinski definition) is 6. The van der Waals surface area contributed by atoms with Crippen molar-refractivity contribution in [3.63, 3.8) is 0 Å². The van der Waals surface area contributed by atoms with E-state index in [1.165, 1.54) is 12.1 Å². The summed E-state index contributed by atoms with van der Waals surface area (Å²) in [5.74, 6) is -0.173. The zero-order valence-electron chi connectivity index (χ0n) is 24.4. The molecule has 1 heterocycles. The third kappa shape index (κ3) is 8.14. The second-order valence-electron chi connectivity index (χ2n) is 10.7. The molecule has 5 aromatic rings. The maximum atomic E-state index is 12.6. The topological polar surface area (TPSA) is 164 Å². The van der Waals surface area contributed by atoms with Gasteiger partial charge in [-0.3, -0.25) is 14.9 Å². The lowest BCUT2D eigenvalue weighted by molar-refractivity contribution is -0.116. The highest BCUT2D eigenvalue weighted by molar-refractivity contribution is 5.91. The number of aromatic amines is 1. The number of aryl methyl sites for hydroxylation is 1. The number of nitrogens with one attached hydrogen (secondary N) is 4. The number of phenols is 1. The molecule has 0 spiro atoms.